The van der Waals surface area contributed by atoms with E-state index in [1.165, 1.54) is 14.1 Å². The lowest BCUT2D eigenvalue weighted by Gasteiger charge is -2.06. The molecular formula is C2H9N2O3PS. The molecule has 56 valence electrons. The third kappa shape index (κ3) is 4.90. The Kier molecular flexibility index (Phi) is 4.47. The van der Waals surface area contributed by atoms with Gasteiger partial charge in [0.2, 0.25) is 0 Å². The van der Waals surface area contributed by atoms with Crippen LogP contribution >= 0.6 is 18.4 Å². The zero-order chi connectivity index (χ0) is 7.33. The molecular weight excluding hydrogens is 163 g/mol. The van der Waals surface area contributed by atoms with E-state index in [2.05, 4.69) is 14.8 Å². The normalized spacial score (nSPS) is 17.2. The minimum absolute atomic E-state index is 0.635. The van der Waals surface area contributed by atoms with Crippen molar-refractivity contribution in [3.05, 3.63) is 0 Å². The topological polar surface area (TPSA) is 70.6 Å². The van der Waals surface area contributed by atoms with E-state index in [4.69, 9.17) is 4.89 Å². The fourth-order valence-electron chi connectivity index (χ4n) is 0.249. The van der Waals surface area contributed by atoms with E-state index in [0.717, 1.165) is 0 Å². The van der Waals surface area contributed by atoms with Gasteiger partial charge in [0.25, 0.3) is 0 Å². The summed E-state index contributed by atoms with van der Waals surface area (Å²) in [7, 11) is 2.95. The van der Waals surface area contributed by atoms with Crippen LogP contribution in [0.1, 0.15) is 0 Å². The Labute approximate surface area is 57.5 Å². The summed E-state index contributed by atoms with van der Waals surface area (Å²) in [6.07, 6.45) is 0. The van der Waals surface area contributed by atoms with E-state index >= 15 is 0 Å². The van der Waals surface area contributed by atoms with E-state index in [0.29, 0.717) is 11.6 Å². The molecule has 3 N–H and O–H groups in total. The molecule has 0 amide bonds. The van der Waals surface area contributed by atoms with Crippen LogP contribution in [0.5, 0.6) is 0 Å². The lowest BCUT2D eigenvalue weighted by molar-refractivity contribution is 0.200. The molecule has 0 spiro atoms. The minimum atomic E-state index is -3.50. The highest BCUT2D eigenvalue weighted by Gasteiger charge is 2.18. The SMILES string of the molecule is CNOP(=O)(O)SNC. The van der Waals surface area contributed by atoms with Crippen molar-refractivity contribution in [2.45, 2.75) is 0 Å². The molecule has 0 bridgehead atoms. The molecule has 7 heteroatoms. The van der Waals surface area contributed by atoms with Gasteiger partial charge in [-0.05, 0) is 7.05 Å². The van der Waals surface area contributed by atoms with Crippen molar-refractivity contribution in [3.8, 4) is 0 Å². The Balaban J connectivity index is 3.58. The first kappa shape index (κ1) is 9.42. The maximum Gasteiger partial charge on any atom is 0.417 e. The fraction of sp³-hybridized carbons (Fsp3) is 1.00. The van der Waals surface area contributed by atoms with Gasteiger partial charge in [-0.2, -0.15) is 5.48 Å². The van der Waals surface area contributed by atoms with Crippen LogP contribution in [0.2, 0.25) is 0 Å². The molecule has 0 aliphatic rings. The summed E-state index contributed by atoms with van der Waals surface area (Å²) < 4.78 is 17.2. The maximum atomic E-state index is 10.6. The van der Waals surface area contributed by atoms with E-state index in [1.807, 2.05) is 0 Å². The Morgan fingerprint density at radius 1 is 1.67 bits per heavy atom. The maximum absolute atomic E-state index is 10.6. The minimum Gasteiger partial charge on any atom is -0.315 e. The van der Waals surface area contributed by atoms with Crippen molar-refractivity contribution in [2.75, 3.05) is 14.1 Å². The number of nitrogens with one attached hydrogen (secondary N) is 2. The lowest BCUT2D eigenvalue weighted by atomic mass is 11.6. The smallest absolute Gasteiger partial charge is 0.315 e. The monoisotopic (exact) mass is 172 g/mol. The molecule has 0 saturated heterocycles. The highest BCUT2D eigenvalue weighted by Crippen LogP contribution is 2.52. The van der Waals surface area contributed by atoms with E-state index in [-0.39, 0.29) is 0 Å². The van der Waals surface area contributed by atoms with Crippen LogP contribution in [0.25, 0.3) is 0 Å². The molecule has 1 unspecified atom stereocenters. The summed E-state index contributed by atoms with van der Waals surface area (Å²) >= 11 is 0.635. The van der Waals surface area contributed by atoms with Gasteiger partial charge in [-0.25, -0.2) is 9.19 Å². The highest BCUT2D eigenvalue weighted by molar-refractivity contribution is 8.53. The second-order valence-corrected chi connectivity index (χ2v) is 4.70. The van der Waals surface area contributed by atoms with Gasteiger partial charge in [0, 0.05) is 18.6 Å². The number of hydrogen-bond donors (Lipinski definition) is 3. The predicted molar refractivity (Wildman–Crippen MR) is 36.6 cm³/mol. The summed E-state index contributed by atoms with van der Waals surface area (Å²) in [6.45, 7) is -3.50. The third-order valence-corrected chi connectivity index (χ3v) is 2.70. The van der Waals surface area contributed by atoms with Crippen molar-refractivity contribution < 1.29 is 14.1 Å². The van der Waals surface area contributed by atoms with Crippen LogP contribution in [0.4, 0.5) is 0 Å². The van der Waals surface area contributed by atoms with Gasteiger partial charge in [-0.15, -0.1) is 0 Å². The van der Waals surface area contributed by atoms with E-state index in [9.17, 15) is 4.57 Å². The number of rotatable bonds is 4. The molecule has 0 aromatic heterocycles. The van der Waals surface area contributed by atoms with Crippen molar-refractivity contribution in [1.29, 1.82) is 0 Å². The molecule has 0 aromatic carbocycles. The van der Waals surface area contributed by atoms with Crippen molar-refractivity contribution in [3.63, 3.8) is 0 Å². The van der Waals surface area contributed by atoms with E-state index < -0.39 is 6.80 Å². The van der Waals surface area contributed by atoms with Gasteiger partial charge in [-0.1, -0.05) is 0 Å². The van der Waals surface area contributed by atoms with Crippen LogP contribution in [0.3, 0.4) is 0 Å². The second kappa shape index (κ2) is 4.27. The zero-order valence-electron chi connectivity index (χ0n) is 5.12. The van der Waals surface area contributed by atoms with Crippen LogP contribution in [0, 0.1) is 0 Å². The largest absolute Gasteiger partial charge is 0.417 e. The number of hydrogen-bond acceptors (Lipinski definition) is 5. The summed E-state index contributed by atoms with van der Waals surface area (Å²) in [5.74, 6) is 0. The van der Waals surface area contributed by atoms with Gasteiger partial charge >= 0.3 is 6.80 Å². The molecule has 1 atom stereocenters. The average Bonchev–Trinajstić information content (AvgIpc) is 1.64. The molecule has 0 saturated carbocycles. The lowest BCUT2D eigenvalue weighted by Crippen LogP contribution is -2.05. The van der Waals surface area contributed by atoms with Crippen LogP contribution < -0.4 is 10.2 Å². The van der Waals surface area contributed by atoms with E-state index in [1.54, 1.807) is 0 Å². The van der Waals surface area contributed by atoms with Gasteiger partial charge < -0.3 is 4.89 Å². The van der Waals surface area contributed by atoms with Crippen molar-refractivity contribution >= 4 is 18.4 Å². The van der Waals surface area contributed by atoms with Crippen molar-refractivity contribution in [1.82, 2.24) is 10.2 Å². The highest BCUT2D eigenvalue weighted by atomic mass is 32.7. The van der Waals surface area contributed by atoms with Gasteiger partial charge in [0.1, 0.15) is 0 Å². The van der Waals surface area contributed by atoms with Gasteiger partial charge in [0.05, 0.1) is 0 Å². The molecule has 0 fully saturated rings. The second-order valence-electron chi connectivity index (χ2n) is 1.06. The summed E-state index contributed by atoms with van der Waals surface area (Å²) in [4.78, 5) is 8.69. The van der Waals surface area contributed by atoms with Gasteiger partial charge in [-0.3, -0.25) is 4.72 Å². The summed E-state index contributed by atoms with van der Waals surface area (Å²) in [5, 5.41) is 0. The fourth-order valence-corrected chi connectivity index (χ4v) is 1.78. The third-order valence-electron chi connectivity index (χ3n) is 0.413. The zero-order valence-corrected chi connectivity index (χ0v) is 6.83. The molecule has 0 aliphatic heterocycles. The first-order valence-corrected chi connectivity index (χ1v) is 5.16. The van der Waals surface area contributed by atoms with Crippen LogP contribution in [0.15, 0.2) is 0 Å². The summed E-state index contributed by atoms with van der Waals surface area (Å²) in [5.41, 5.74) is 2.12. The quantitative estimate of drug-likeness (QED) is 0.317. The van der Waals surface area contributed by atoms with Crippen LogP contribution in [-0.4, -0.2) is 19.0 Å². The first-order chi connectivity index (χ1) is 4.12. The predicted octanol–water partition coefficient (Wildman–Crippen LogP) is 0.105. The Morgan fingerprint density at radius 3 is 2.56 bits per heavy atom. The molecule has 0 aromatic rings. The molecule has 5 nitrogen and oxygen atoms in total. The molecule has 9 heavy (non-hydrogen) atoms. The summed E-state index contributed by atoms with van der Waals surface area (Å²) in [6, 6.07) is 0. The first-order valence-electron chi connectivity index (χ1n) is 2.16. The molecule has 0 rings (SSSR count). The van der Waals surface area contributed by atoms with Crippen LogP contribution in [-0.2, 0) is 9.19 Å². The Hall–Kier alpha value is 0.420. The Bertz CT molecular complexity index is 110. The molecule has 0 heterocycles. The standard InChI is InChI=1S/C2H9N2O3PS/c1-3-7-8(5,6)9-4-2/h3-4H,1-2H3,(H,5,6). The van der Waals surface area contributed by atoms with Gasteiger partial charge in [0.15, 0.2) is 0 Å². The average molecular weight is 172 g/mol. The molecule has 0 aliphatic carbocycles. The Morgan fingerprint density at radius 2 is 2.22 bits per heavy atom. The van der Waals surface area contributed by atoms with Crippen molar-refractivity contribution in [2.24, 2.45) is 0 Å². The number of hydroxylamine groups is 1. The molecule has 0 radical (unpaired) electrons.